The van der Waals surface area contributed by atoms with Gasteiger partial charge >= 0.3 is 0 Å². The molecule has 1 heteroatoms. The van der Waals surface area contributed by atoms with E-state index in [1.54, 1.807) is 19.3 Å². The summed E-state index contributed by atoms with van der Waals surface area (Å²) in [5.74, 6) is 2.14. The minimum absolute atomic E-state index is 0.320. The fraction of sp³-hybridized carbons (Fsp3) is 1.00. The molecule has 0 aliphatic heterocycles. The smallest absolute Gasteiger partial charge is 0.0127 e. The zero-order chi connectivity index (χ0) is 13.0. The number of hydrogen-bond acceptors (Lipinski definition) is 1. The summed E-state index contributed by atoms with van der Waals surface area (Å²) < 4.78 is 0. The first kappa shape index (κ1) is 13.0. The van der Waals surface area contributed by atoms with Gasteiger partial charge in [0.25, 0.3) is 0 Å². The van der Waals surface area contributed by atoms with Gasteiger partial charge in [0.05, 0.1) is 0 Å². The Morgan fingerprint density at radius 2 is 1.61 bits per heavy atom. The molecule has 4 rings (SSSR count). The highest BCUT2D eigenvalue weighted by Crippen LogP contribution is 2.67. The first-order chi connectivity index (χ1) is 8.40. The maximum atomic E-state index is 3.55. The molecule has 0 amide bonds. The molecular weight excluding hydrogens is 218 g/mol. The van der Waals surface area contributed by atoms with Crippen molar-refractivity contribution < 1.29 is 0 Å². The molecule has 4 aliphatic carbocycles. The Morgan fingerprint density at radius 1 is 1.06 bits per heavy atom. The molecule has 0 heterocycles. The average molecular weight is 249 g/mol. The topological polar surface area (TPSA) is 12.0 Å². The van der Waals surface area contributed by atoms with E-state index in [4.69, 9.17) is 0 Å². The van der Waals surface area contributed by atoms with Crippen molar-refractivity contribution in [3.63, 3.8) is 0 Å². The predicted molar refractivity (Wildman–Crippen MR) is 77.6 cm³/mol. The van der Waals surface area contributed by atoms with Crippen molar-refractivity contribution in [2.45, 2.75) is 77.7 Å². The van der Waals surface area contributed by atoms with E-state index < -0.39 is 0 Å². The van der Waals surface area contributed by atoms with Crippen LogP contribution in [-0.4, -0.2) is 12.6 Å². The quantitative estimate of drug-likeness (QED) is 0.780. The Bertz CT molecular complexity index is 313. The van der Waals surface area contributed by atoms with Crippen LogP contribution in [0, 0.1) is 22.7 Å². The predicted octanol–water partition coefficient (Wildman–Crippen LogP) is 4.37. The molecule has 0 aromatic heterocycles. The Balaban J connectivity index is 1.85. The highest BCUT2D eigenvalue weighted by Gasteiger charge is 2.57. The zero-order valence-electron chi connectivity index (χ0n) is 12.8. The lowest BCUT2D eigenvalue weighted by molar-refractivity contribution is -0.122. The fourth-order valence-electron chi connectivity index (χ4n) is 6.30. The molecule has 0 aromatic rings. The maximum absolute atomic E-state index is 3.55. The highest BCUT2D eigenvalue weighted by atomic mass is 14.9. The lowest BCUT2D eigenvalue weighted by Crippen LogP contribution is -2.55. The minimum atomic E-state index is 0.320. The SMILES string of the molecule is CCC12CC3CC(C1)CC(CC(C)(C)NC)(C3)C2. The lowest BCUT2D eigenvalue weighted by atomic mass is 9.42. The molecule has 2 unspecified atom stereocenters. The van der Waals surface area contributed by atoms with E-state index in [-0.39, 0.29) is 0 Å². The van der Waals surface area contributed by atoms with Gasteiger partial charge in [-0.05, 0) is 88.5 Å². The third-order valence-electron chi connectivity index (χ3n) is 6.55. The summed E-state index contributed by atoms with van der Waals surface area (Å²) in [6.07, 6.45) is 12.1. The van der Waals surface area contributed by atoms with E-state index in [1.807, 2.05) is 0 Å². The minimum Gasteiger partial charge on any atom is -0.315 e. The summed E-state index contributed by atoms with van der Waals surface area (Å²) in [5.41, 5.74) is 1.75. The summed E-state index contributed by atoms with van der Waals surface area (Å²) in [7, 11) is 2.14. The van der Waals surface area contributed by atoms with Crippen LogP contribution in [0.25, 0.3) is 0 Å². The molecule has 4 fully saturated rings. The molecule has 4 saturated carbocycles. The zero-order valence-corrected chi connectivity index (χ0v) is 12.8. The van der Waals surface area contributed by atoms with Crippen molar-refractivity contribution in [3.8, 4) is 0 Å². The van der Waals surface area contributed by atoms with E-state index in [9.17, 15) is 0 Å². The van der Waals surface area contributed by atoms with Gasteiger partial charge in [0, 0.05) is 5.54 Å². The van der Waals surface area contributed by atoms with Crippen LogP contribution in [0.4, 0.5) is 0 Å². The van der Waals surface area contributed by atoms with E-state index in [2.05, 4.69) is 33.1 Å². The molecule has 1 N–H and O–H groups in total. The van der Waals surface area contributed by atoms with Gasteiger partial charge in [0.15, 0.2) is 0 Å². The van der Waals surface area contributed by atoms with E-state index in [0.29, 0.717) is 11.0 Å². The van der Waals surface area contributed by atoms with E-state index in [1.165, 1.54) is 32.1 Å². The Labute approximate surface area is 113 Å². The van der Waals surface area contributed by atoms with Crippen LogP contribution in [-0.2, 0) is 0 Å². The molecule has 1 nitrogen and oxygen atoms in total. The van der Waals surface area contributed by atoms with Crippen LogP contribution in [0.15, 0.2) is 0 Å². The molecule has 2 atom stereocenters. The van der Waals surface area contributed by atoms with E-state index >= 15 is 0 Å². The second-order valence-corrected chi connectivity index (χ2v) is 8.63. The Hall–Kier alpha value is -0.0400. The van der Waals surface area contributed by atoms with Gasteiger partial charge < -0.3 is 5.32 Å². The monoisotopic (exact) mass is 249 g/mol. The molecule has 0 spiro atoms. The Kier molecular flexibility index (Phi) is 2.86. The van der Waals surface area contributed by atoms with Gasteiger partial charge in [0.2, 0.25) is 0 Å². The Morgan fingerprint density at radius 3 is 2.11 bits per heavy atom. The average Bonchev–Trinajstić information content (AvgIpc) is 2.26. The first-order valence-corrected chi connectivity index (χ1v) is 8.09. The third kappa shape index (κ3) is 2.03. The van der Waals surface area contributed by atoms with Crippen LogP contribution < -0.4 is 5.32 Å². The van der Waals surface area contributed by atoms with Gasteiger partial charge in [-0.1, -0.05) is 13.3 Å². The molecule has 0 saturated heterocycles. The van der Waals surface area contributed by atoms with Crippen LogP contribution in [0.1, 0.15) is 72.1 Å². The van der Waals surface area contributed by atoms with Gasteiger partial charge in [-0.25, -0.2) is 0 Å². The second-order valence-electron chi connectivity index (χ2n) is 8.63. The second kappa shape index (κ2) is 3.98. The molecule has 0 radical (unpaired) electrons. The molecule has 4 aliphatic rings. The third-order valence-corrected chi connectivity index (χ3v) is 6.55. The van der Waals surface area contributed by atoms with Crippen molar-refractivity contribution in [2.75, 3.05) is 7.05 Å². The van der Waals surface area contributed by atoms with Crippen LogP contribution in [0.5, 0.6) is 0 Å². The van der Waals surface area contributed by atoms with Gasteiger partial charge in [-0.2, -0.15) is 0 Å². The molecule has 4 bridgehead atoms. The van der Waals surface area contributed by atoms with Crippen molar-refractivity contribution in [1.29, 1.82) is 0 Å². The van der Waals surface area contributed by atoms with Crippen LogP contribution in [0.3, 0.4) is 0 Å². The molecular formula is C17H31N. The summed E-state index contributed by atoms with van der Waals surface area (Å²) >= 11 is 0. The summed E-state index contributed by atoms with van der Waals surface area (Å²) in [6, 6.07) is 0. The molecule has 18 heavy (non-hydrogen) atoms. The summed E-state index contributed by atoms with van der Waals surface area (Å²) in [4.78, 5) is 0. The normalized spacial score (nSPS) is 46.7. The fourth-order valence-corrected chi connectivity index (χ4v) is 6.30. The van der Waals surface area contributed by atoms with Crippen molar-refractivity contribution in [2.24, 2.45) is 22.7 Å². The van der Waals surface area contributed by atoms with Crippen molar-refractivity contribution in [1.82, 2.24) is 5.32 Å². The number of rotatable bonds is 4. The summed E-state index contributed by atoms with van der Waals surface area (Å²) in [6.45, 7) is 7.23. The largest absolute Gasteiger partial charge is 0.315 e. The lowest BCUT2D eigenvalue weighted by Gasteiger charge is -2.63. The standard InChI is InChI=1S/C17H31N/c1-5-16-7-13-6-14(8-16)10-17(9-13,12-16)11-15(2,3)18-4/h13-14,18H,5-12H2,1-4H3. The maximum Gasteiger partial charge on any atom is 0.0127 e. The number of hydrogen-bond donors (Lipinski definition) is 1. The summed E-state index contributed by atoms with van der Waals surface area (Å²) in [5, 5.41) is 3.55. The van der Waals surface area contributed by atoms with Crippen molar-refractivity contribution in [3.05, 3.63) is 0 Å². The van der Waals surface area contributed by atoms with Gasteiger partial charge in [-0.15, -0.1) is 0 Å². The highest BCUT2D eigenvalue weighted by molar-refractivity contribution is 5.08. The van der Waals surface area contributed by atoms with E-state index in [0.717, 1.165) is 17.3 Å². The van der Waals surface area contributed by atoms with Crippen molar-refractivity contribution >= 4 is 0 Å². The van der Waals surface area contributed by atoms with Gasteiger partial charge in [-0.3, -0.25) is 0 Å². The van der Waals surface area contributed by atoms with Crippen LogP contribution >= 0.6 is 0 Å². The van der Waals surface area contributed by atoms with Crippen LogP contribution in [0.2, 0.25) is 0 Å². The van der Waals surface area contributed by atoms with Gasteiger partial charge in [0.1, 0.15) is 0 Å². The molecule has 0 aromatic carbocycles. The number of nitrogens with one attached hydrogen (secondary N) is 1. The first-order valence-electron chi connectivity index (χ1n) is 8.09. The molecule has 104 valence electrons.